The highest BCUT2D eigenvalue weighted by molar-refractivity contribution is 5.18. The highest BCUT2D eigenvalue weighted by Gasteiger charge is 2.32. The molecule has 0 bridgehead atoms. The van der Waals surface area contributed by atoms with Gasteiger partial charge >= 0.3 is 6.18 Å². The molecule has 2 aromatic heterocycles. The van der Waals surface area contributed by atoms with Gasteiger partial charge in [0.25, 0.3) is 0 Å². The van der Waals surface area contributed by atoms with Gasteiger partial charge in [0.1, 0.15) is 0 Å². The Morgan fingerprint density at radius 3 is 2.45 bits per heavy atom. The van der Waals surface area contributed by atoms with E-state index in [1.165, 1.54) is 0 Å². The second-order valence-corrected chi connectivity index (χ2v) is 4.24. The zero-order chi connectivity index (χ0) is 14.6. The third-order valence-corrected chi connectivity index (χ3v) is 2.56. The monoisotopic (exact) mass is 285 g/mol. The van der Waals surface area contributed by atoms with Crippen LogP contribution in [0.5, 0.6) is 0 Å². The molecule has 0 fully saturated rings. The first-order valence-electron chi connectivity index (χ1n) is 6.14. The first-order chi connectivity index (χ1) is 9.50. The molecule has 20 heavy (non-hydrogen) atoms. The first-order valence-corrected chi connectivity index (χ1v) is 6.14. The maximum Gasteiger partial charge on any atom is 0.419 e. The average molecular weight is 285 g/mol. The molecule has 0 aliphatic heterocycles. The van der Waals surface area contributed by atoms with E-state index in [0.717, 1.165) is 35.6 Å². The Balaban J connectivity index is 2.08. The van der Waals surface area contributed by atoms with Crippen LogP contribution in [0, 0.1) is 0 Å². The second-order valence-electron chi connectivity index (χ2n) is 4.24. The summed E-state index contributed by atoms with van der Waals surface area (Å²) in [6, 6.07) is 0. The lowest BCUT2D eigenvalue weighted by Crippen LogP contribution is -2.14. The van der Waals surface area contributed by atoms with Crippen LogP contribution in [0.4, 0.5) is 13.2 Å². The highest BCUT2D eigenvalue weighted by atomic mass is 19.4. The Morgan fingerprint density at radius 1 is 1.20 bits per heavy atom. The van der Waals surface area contributed by atoms with Crippen molar-refractivity contribution in [2.24, 2.45) is 0 Å². The van der Waals surface area contributed by atoms with Gasteiger partial charge in [-0.3, -0.25) is 0 Å². The van der Waals surface area contributed by atoms with Crippen molar-refractivity contribution >= 4 is 0 Å². The fourth-order valence-electron chi connectivity index (χ4n) is 1.55. The maximum absolute atomic E-state index is 12.5. The van der Waals surface area contributed by atoms with Crippen molar-refractivity contribution in [1.29, 1.82) is 0 Å². The SMILES string of the molecule is CCCNCc1cnc(-n2cc(C(F)(F)F)cn2)nc1. The van der Waals surface area contributed by atoms with E-state index in [9.17, 15) is 13.2 Å². The lowest BCUT2D eigenvalue weighted by atomic mass is 10.3. The van der Waals surface area contributed by atoms with Crippen LogP contribution in [0.25, 0.3) is 5.95 Å². The van der Waals surface area contributed by atoms with Crippen molar-refractivity contribution in [3.63, 3.8) is 0 Å². The van der Waals surface area contributed by atoms with Crippen molar-refractivity contribution in [2.45, 2.75) is 26.1 Å². The minimum absolute atomic E-state index is 0.111. The van der Waals surface area contributed by atoms with Crippen LogP contribution in [0.2, 0.25) is 0 Å². The van der Waals surface area contributed by atoms with Gasteiger partial charge in [-0.15, -0.1) is 0 Å². The van der Waals surface area contributed by atoms with E-state index in [2.05, 4.69) is 27.3 Å². The number of halogens is 3. The van der Waals surface area contributed by atoms with E-state index in [1.807, 2.05) is 0 Å². The Hall–Kier alpha value is -1.96. The lowest BCUT2D eigenvalue weighted by Gasteiger charge is -2.04. The average Bonchev–Trinajstić information content (AvgIpc) is 2.89. The molecule has 2 heterocycles. The standard InChI is InChI=1S/C12H14F3N5/c1-2-3-16-4-9-5-17-11(18-6-9)20-8-10(7-19-20)12(13,14)15/h5-8,16H,2-4H2,1H3. The number of nitrogens with zero attached hydrogens (tertiary/aromatic N) is 4. The van der Waals surface area contributed by atoms with Crippen molar-refractivity contribution in [3.8, 4) is 5.95 Å². The molecule has 0 saturated carbocycles. The molecule has 0 aliphatic rings. The fourth-order valence-corrected chi connectivity index (χ4v) is 1.55. The van der Waals surface area contributed by atoms with Gasteiger partial charge in [0, 0.05) is 30.7 Å². The van der Waals surface area contributed by atoms with Gasteiger partial charge in [-0.1, -0.05) is 6.92 Å². The van der Waals surface area contributed by atoms with E-state index < -0.39 is 11.7 Å². The van der Waals surface area contributed by atoms with E-state index in [4.69, 9.17) is 0 Å². The second kappa shape index (κ2) is 6.00. The Bertz CT molecular complexity index is 547. The predicted octanol–water partition coefficient (Wildman–Crippen LogP) is 2.18. The molecule has 108 valence electrons. The van der Waals surface area contributed by atoms with Gasteiger partial charge in [0.2, 0.25) is 5.95 Å². The van der Waals surface area contributed by atoms with E-state index in [0.29, 0.717) is 6.54 Å². The molecule has 0 amide bonds. The molecule has 2 rings (SSSR count). The molecule has 0 aliphatic carbocycles. The lowest BCUT2D eigenvalue weighted by molar-refractivity contribution is -0.137. The van der Waals surface area contributed by atoms with Crippen molar-refractivity contribution < 1.29 is 13.2 Å². The summed E-state index contributed by atoms with van der Waals surface area (Å²) in [5.41, 5.74) is 0.0418. The molecule has 5 nitrogen and oxygen atoms in total. The van der Waals surface area contributed by atoms with Crippen LogP contribution in [-0.2, 0) is 12.7 Å². The summed E-state index contributed by atoms with van der Waals surface area (Å²) in [4.78, 5) is 8.01. The summed E-state index contributed by atoms with van der Waals surface area (Å²) in [6.45, 7) is 3.57. The third kappa shape index (κ3) is 3.53. The number of hydrogen-bond acceptors (Lipinski definition) is 4. The van der Waals surface area contributed by atoms with Crippen LogP contribution in [-0.4, -0.2) is 26.3 Å². The minimum Gasteiger partial charge on any atom is -0.313 e. The molecule has 2 aromatic rings. The Kier molecular flexibility index (Phi) is 4.33. The molecule has 0 spiro atoms. The molecule has 0 radical (unpaired) electrons. The predicted molar refractivity (Wildman–Crippen MR) is 66.2 cm³/mol. The summed E-state index contributed by atoms with van der Waals surface area (Å²) in [7, 11) is 0. The topological polar surface area (TPSA) is 55.6 Å². The highest BCUT2D eigenvalue weighted by Crippen LogP contribution is 2.28. The van der Waals surface area contributed by atoms with Crippen LogP contribution >= 0.6 is 0 Å². The summed E-state index contributed by atoms with van der Waals surface area (Å²) in [5, 5.41) is 6.80. The molecular formula is C12H14F3N5. The van der Waals surface area contributed by atoms with Gasteiger partial charge < -0.3 is 5.32 Å². The molecule has 0 aromatic carbocycles. The number of nitrogens with one attached hydrogen (secondary N) is 1. The summed E-state index contributed by atoms with van der Waals surface area (Å²) in [5.74, 6) is 0.111. The molecule has 8 heteroatoms. The summed E-state index contributed by atoms with van der Waals surface area (Å²) >= 11 is 0. The molecule has 0 saturated heterocycles. The quantitative estimate of drug-likeness (QED) is 0.856. The molecule has 0 unspecified atom stereocenters. The number of hydrogen-bond donors (Lipinski definition) is 1. The number of rotatable bonds is 5. The van der Waals surface area contributed by atoms with Gasteiger partial charge in [0.15, 0.2) is 0 Å². The van der Waals surface area contributed by atoms with Crippen molar-refractivity contribution in [2.75, 3.05) is 6.54 Å². The van der Waals surface area contributed by atoms with Gasteiger partial charge in [0.05, 0.1) is 11.8 Å². The van der Waals surface area contributed by atoms with Crippen molar-refractivity contribution in [3.05, 3.63) is 35.9 Å². The van der Waals surface area contributed by atoms with E-state index in [-0.39, 0.29) is 5.95 Å². The van der Waals surface area contributed by atoms with Crippen LogP contribution < -0.4 is 5.32 Å². The summed E-state index contributed by atoms with van der Waals surface area (Å²) < 4.78 is 38.4. The molecular weight excluding hydrogens is 271 g/mol. The minimum atomic E-state index is -4.41. The number of alkyl halides is 3. The first kappa shape index (κ1) is 14.4. The van der Waals surface area contributed by atoms with Crippen LogP contribution in [0.3, 0.4) is 0 Å². The van der Waals surface area contributed by atoms with Crippen LogP contribution in [0.1, 0.15) is 24.5 Å². The van der Waals surface area contributed by atoms with E-state index >= 15 is 0 Å². The molecule has 1 N–H and O–H groups in total. The van der Waals surface area contributed by atoms with Crippen molar-refractivity contribution in [1.82, 2.24) is 25.1 Å². The third-order valence-electron chi connectivity index (χ3n) is 2.56. The maximum atomic E-state index is 12.5. The zero-order valence-electron chi connectivity index (χ0n) is 10.9. The largest absolute Gasteiger partial charge is 0.419 e. The van der Waals surface area contributed by atoms with Gasteiger partial charge in [-0.25, -0.2) is 14.6 Å². The molecule has 0 atom stereocenters. The number of aromatic nitrogens is 4. The van der Waals surface area contributed by atoms with Crippen LogP contribution in [0.15, 0.2) is 24.8 Å². The Labute approximate surface area is 113 Å². The fraction of sp³-hybridized carbons (Fsp3) is 0.417. The normalized spacial score (nSPS) is 11.8. The smallest absolute Gasteiger partial charge is 0.313 e. The zero-order valence-corrected chi connectivity index (χ0v) is 10.9. The Morgan fingerprint density at radius 2 is 1.90 bits per heavy atom. The summed E-state index contributed by atoms with van der Waals surface area (Å²) in [6.07, 6.45) is 1.36. The van der Waals surface area contributed by atoms with Gasteiger partial charge in [-0.05, 0) is 13.0 Å². The van der Waals surface area contributed by atoms with E-state index in [1.54, 1.807) is 12.4 Å². The van der Waals surface area contributed by atoms with Gasteiger partial charge in [-0.2, -0.15) is 18.3 Å².